The summed E-state index contributed by atoms with van der Waals surface area (Å²) < 4.78 is 1.26. The molecule has 2 aromatic heterocycles. The third-order valence-corrected chi connectivity index (χ3v) is 3.60. The highest BCUT2D eigenvalue weighted by atomic mass is 16.6. The first kappa shape index (κ1) is 12.8. The predicted octanol–water partition coefficient (Wildman–Crippen LogP) is 1.14. The van der Waals surface area contributed by atoms with Crippen LogP contribution in [0.15, 0.2) is 18.3 Å². The number of aromatic nitrogens is 3. The van der Waals surface area contributed by atoms with Crippen molar-refractivity contribution >= 4 is 17.3 Å². The van der Waals surface area contributed by atoms with Crippen molar-refractivity contribution in [2.75, 3.05) is 25.5 Å². The zero-order valence-corrected chi connectivity index (χ0v) is 11.2. The number of piperidine rings is 1. The van der Waals surface area contributed by atoms with Gasteiger partial charge in [-0.2, -0.15) is 0 Å². The van der Waals surface area contributed by atoms with E-state index in [2.05, 4.69) is 27.3 Å². The van der Waals surface area contributed by atoms with E-state index >= 15 is 0 Å². The second kappa shape index (κ2) is 5.04. The van der Waals surface area contributed by atoms with Crippen LogP contribution in [0.5, 0.6) is 0 Å². The van der Waals surface area contributed by atoms with Crippen molar-refractivity contribution in [3.8, 4) is 0 Å². The maximum atomic E-state index is 10.9. The van der Waals surface area contributed by atoms with Gasteiger partial charge in [-0.1, -0.05) is 9.61 Å². The summed E-state index contributed by atoms with van der Waals surface area (Å²) in [5.41, 5.74) is 0.477. The van der Waals surface area contributed by atoms with Crippen molar-refractivity contribution in [1.82, 2.24) is 19.5 Å². The van der Waals surface area contributed by atoms with E-state index in [1.54, 1.807) is 6.07 Å². The molecule has 0 aromatic carbocycles. The van der Waals surface area contributed by atoms with Crippen LogP contribution in [0.1, 0.15) is 12.8 Å². The summed E-state index contributed by atoms with van der Waals surface area (Å²) >= 11 is 0. The second-order valence-electron chi connectivity index (χ2n) is 5.08. The molecule has 1 fully saturated rings. The Hall–Kier alpha value is -2.22. The minimum absolute atomic E-state index is 0.118. The Morgan fingerprint density at radius 1 is 1.40 bits per heavy atom. The summed E-state index contributed by atoms with van der Waals surface area (Å²) in [6, 6.07) is 3.90. The number of fused-ring (bicyclic) bond motifs is 1. The zero-order chi connectivity index (χ0) is 14.1. The molecule has 3 rings (SSSR count). The largest absolute Gasteiger partial charge is 0.368 e. The van der Waals surface area contributed by atoms with Crippen molar-refractivity contribution in [1.29, 1.82) is 0 Å². The van der Waals surface area contributed by atoms with E-state index < -0.39 is 4.92 Å². The molecule has 0 unspecified atom stereocenters. The highest BCUT2D eigenvalue weighted by molar-refractivity contribution is 5.48. The van der Waals surface area contributed by atoms with Crippen LogP contribution in [-0.4, -0.2) is 50.6 Å². The van der Waals surface area contributed by atoms with Crippen LogP contribution in [0, 0.1) is 10.1 Å². The molecule has 0 bridgehead atoms. The van der Waals surface area contributed by atoms with Crippen molar-refractivity contribution in [3.05, 3.63) is 28.4 Å². The summed E-state index contributed by atoms with van der Waals surface area (Å²) in [6.45, 7) is 2.09. The van der Waals surface area contributed by atoms with Crippen LogP contribution in [-0.2, 0) is 0 Å². The van der Waals surface area contributed by atoms with E-state index in [9.17, 15) is 10.1 Å². The first-order valence-electron chi connectivity index (χ1n) is 6.58. The predicted molar refractivity (Wildman–Crippen MR) is 73.8 cm³/mol. The maximum Gasteiger partial charge on any atom is 0.368 e. The topological polar surface area (TPSA) is 88.6 Å². The molecule has 0 amide bonds. The van der Waals surface area contributed by atoms with Crippen LogP contribution in [0.4, 0.5) is 11.6 Å². The highest BCUT2D eigenvalue weighted by Gasteiger charge is 2.19. The number of imidazole rings is 1. The molecule has 106 valence electrons. The lowest BCUT2D eigenvalue weighted by Gasteiger charge is -2.29. The van der Waals surface area contributed by atoms with Gasteiger partial charge in [0.2, 0.25) is 5.65 Å². The Morgan fingerprint density at radius 3 is 2.85 bits per heavy atom. The van der Waals surface area contributed by atoms with Crippen LogP contribution in [0.3, 0.4) is 0 Å². The number of anilines is 1. The van der Waals surface area contributed by atoms with Gasteiger partial charge in [-0.3, -0.25) is 0 Å². The van der Waals surface area contributed by atoms with E-state index in [4.69, 9.17) is 0 Å². The molecule has 8 heteroatoms. The quantitative estimate of drug-likeness (QED) is 0.668. The van der Waals surface area contributed by atoms with Gasteiger partial charge < -0.3 is 20.3 Å². The summed E-state index contributed by atoms with van der Waals surface area (Å²) in [5.74, 6) is 0.528. The first-order valence-corrected chi connectivity index (χ1v) is 6.58. The molecule has 0 spiro atoms. The van der Waals surface area contributed by atoms with Crippen LogP contribution >= 0.6 is 0 Å². The van der Waals surface area contributed by atoms with Gasteiger partial charge in [-0.25, -0.2) is 4.98 Å². The molecular weight excluding hydrogens is 260 g/mol. The summed E-state index contributed by atoms with van der Waals surface area (Å²) in [7, 11) is 2.11. The van der Waals surface area contributed by atoms with E-state index in [0.29, 0.717) is 17.5 Å². The molecule has 2 aromatic rings. The molecule has 3 heterocycles. The van der Waals surface area contributed by atoms with Crippen LogP contribution in [0.2, 0.25) is 0 Å². The van der Waals surface area contributed by atoms with Crippen LogP contribution in [0.25, 0.3) is 5.65 Å². The van der Waals surface area contributed by atoms with E-state index in [1.165, 1.54) is 10.7 Å². The number of hydrogen-bond donors (Lipinski definition) is 1. The maximum absolute atomic E-state index is 10.9. The van der Waals surface area contributed by atoms with Gasteiger partial charge in [-0.15, -0.1) is 0 Å². The SMILES string of the molecule is CN1CCC(Nc2ccc3ncc([N+](=O)[O-])n3n2)CC1. The van der Waals surface area contributed by atoms with Crippen molar-refractivity contribution in [3.63, 3.8) is 0 Å². The van der Waals surface area contributed by atoms with Gasteiger partial charge in [0.1, 0.15) is 6.20 Å². The fraction of sp³-hybridized carbons (Fsp3) is 0.500. The number of nitrogens with one attached hydrogen (secondary N) is 1. The van der Waals surface area contributed by atoms with E-state index in [-0.39, 0.29) is 5.82 Å². The summed E-state index contributed by atoms with van der Waals surface area (Å²) in [4.78, 5) is 16.7. The van der Waals surface area contributed by atoms with Gasteiger partial charge in [0, 0.05) is 12.1 Å². The smallest absolute Gasteiger partial charge is 0.364 e. The zero-order valence-electron chi connectivity index (χ0n) is 11.2. The Bertz CT molecular complexity index is 632. The molecule has 0 saturated carbocycles. The van der Waals surface area contributed by atoms with E-state index in [1.807, 2.05) is 6.07 Å². The van der Waals surface area contributed by atoms with Crippen molar-refractivity contribution in [2.45, 2.75) is 18.9 Å². The number of nitro groups is 1. The Balaban J connectivity index is 1.81. The number of likely N-dealkylation sites (tertiary alicyclic amines) is 1. The third kappa shape index (κ3) is 2.42. The third-order valence-electron chi connectivity index (χ3n) is 3.60. The molecule has 0 aliphatic carbocycles. The highest BCUT2D eigenvalue weighted by Crippen LogP contribution is 2.17. The van der Waals surface area contributed by atoms with Gasteiger partial charge in [0.25, 0.3) is 0 Å². The molecule has 8 nitrogen and oxygen atoms in total. The monoisotopic (exact) mass is 276 g/mol. The molecule has 1 saturated heterocycles. The Labute approximate surface area is 115 Å². The standard InChI is InChI=1S/C12H16N6O2/c1-16-6-4-9(5-7-16)14-10-2-3-11-13-8-12(18(19)20)17(11)15-10/h2-3,8-9H,4-7H2,1H3,(H,14,15). The fourth-order valence-corrected chi connectivity index (χ4v) is 2.42. The van der Waals surface area contributed by atoms with Gasteiger partial charge in [-0.05, 0) is 44.0 Å². The lowest BCUT2D eigenvalue weighted by Crippen LogP contribution is -2.36. The average Bonchev–Trinajstić information content (AvgIpc) is 2.84. The molecule has 1 N–H and O–H groups in total. The number of nitrogens with zero attached hydrogens (tertiary/aromatic N) is 5. The van der Waals surface area contributed by atoms with Crippen LogP contribution < -0.4 is 5.32 Å². The summed E-state index contributed by atoms with van der Waals surface area (Å²) in [6.07, 6.45) is 3.31. The Morgan fingerprint density at radius 2 is 2.15 bits per heavy atom. The number of hydrogen-bond acceptors (Lipinski definition) is 6. The van der Waals surface area contributed by atoms with Gasteiger partial charge in [0.15, 0.2) is 5.82 Å². The number of rotatable bonds is 3. The average molecular weight is 276 g/mol. The Kier molecular flexibility index (Phi) is 3.23. The fourth-order valence-electron chi connectivity index (χ4n) is 2.42. The molecule has 0 atom stereocenters. The molecule has 0 radical (unpaired) electrons. The van der Waals surface area contributed by atoms with Crippen molar-refractivity contribution < 1.29 is 4.92 Å². The second-order valence-corrected chi connectivity index (χ2v) is 5.08. The molecule has 1 aliphatic heterocycles. The van der Waals surface area contributed by atoms with Gasteiger partial charge in [0.05, 0.1) is 0 Å². The van der Waals surface area contributed by atoms with Gasteiger partial charge >= 0.3 is 5.82 Å². The van der Waals surface area contributed by atoms with Crippen molar-refractivity contribution in [2.24, 2.45) is 0 Å². The normalized spacial score (nSPS) is 17.4. The lowest BCUT2D eigenvalue weighted by atomic mass is 10.1. The lowest BCUT2D eigenvalue weighted by molar-refractivity contribution is -0.391. The first-order chi connectivity index (χ1) is 9.63. The summed E-state index contributed by atoms with van der Waals surface area (Å²) in [5, 5.41) is 18.5. The molecule has 20 heavy (non-hydrogen) atoms. The van der Waals surface area contributed by atoms with E-state index in [0.717, 1.165) is 25.9 Å². The minimum Gasteiger partial charge on any atom is -0.364 e. The molecule has 1 aliphatic rings. The molecular formula is C12H16N6O2. The minimum atomic E-state index is -0.480.